The molecule has 2 heteroatoms. The van der Waals surface area contributed by atoms with E-state index in [1.54, 1.807) is 0 Å². The fourth-order valence-corrected chi connectivity index (χ4v) is 2.93. The summed E-state index contributed by atoms with van der Waals surface area (Å²) < 4.78 is 6.04. The molecule has 0 aliphatic carbocycles. The lowest BCUT2D eigenvalue weighted by molar-refractivity contribution is -0.0819. The van der Waals surface area contributed by atoms with E-state index in [-0.39, 0.29) is 5.60 Å². The van der Waals surface area contributed by atoms with Crippen molar-refractivity contribution < 1.29 is 4.74 Å². The van der Waals surface area contributed by atoms with Gasteiger partial charge < -0.3 is 10.1 Å². The molecule has 0 aromatic heterocycles. The predicted octanol–water partition coefficient (Wildman–Crippen LogP) is 4.28. The Labute approximate surface area is 114 Å². The molecule has 1 aliphatic heterocycles. The molecule has 0 radical (unpaired) electrons. The van der Waals surface area contributed by atoms with Gasteiger partial charge in [-0.1, -0.05) is 46.0 Å². The van der Waals surface area contributed by atoms with Crippen LogP contribution in [0.25, 0.3) is 0 Å². The van der Waals surface area contributed by atoms with Gasteiger partial charge in [-0.2, -0.15) is 0 Å². The van der Waals surface area contributed by atoms with Crippen molar-refractivity contribution >= 4 is 0 Å². The van der Waals surface area contributed by atoms with Gasteiger partial charge in [-0.3, -0.25) is 0 Å². The lowest BCUT2D eigenvalue weighted by atomic mass is 9.87. The minimum absolute atomic E-state index is 0.135. The summed E-state index contributed by atoms with van der Waals surface area (Å²) in [6.45, 7) is 8.91. The molecule has 1 rings (SSSR count). The third-order valence-electron chi connectivity index (χ3n) is 4.09. The van der Waals surface area contributed by atoms with E-state index in [0.29, 0.717) is 6.04 Å². The molecular formula is C16H33NO. The summed E-state index contributed by atoms with van der Waals surface area (Å²) in [4.78, 5) is 0. The molecule has 0 amide bonds. The van der Waals surface area contributed by atoms with Gasteiger partial charge in [0, 0.05) is 12.6 Å². The summed E-state index contributed by atoms with van der Waals surface area (Å²) in [5.41, 5.74) is 0.135. The van der Waals surface area contributed by atoms with Crippen molar-refractivity contribution in [2.24, 2.45) is 0 Å². The van der Waals surface area contributed by atoms with E-state index >= 15 is 0 Å². The Morgan fingerprint density at radius 2 is 1.89 bits per heavy atom. The monoisotopic (exact) mass is 255 g/mol. The van der Waals surface area contributed by atoms with Gasteiger partial charge in [0.1, 0.15) is 0 Å². The normalized spacial score (nSPS) is 28.5. The number of hydrogen-bond donors (Lipinski definition) is 1. The van der Waals surface area contributed by atoms with E-state index in [9.17, 15) is 0 Å². The summed E-state index contributed by atoms with van der Waals surface area (Å²) in [5.74, 6) is 0. The number of rotatable bonds is 9. The highest BCUT2D eigenvalue weighted by Gasteiger charge is 2.32. The summed E-state index contributed by atoms with van der Waals surface area (Å²) >= 11 is 0. The molecule has 18 heavy (non-hydrogen) atoms. The van der Waals surface area contributed by atoms with Crippen molar-refractivity contribution in [3.63, 3.8) is 0 Å². The minimum Gasteiger partial charge on any atom is -0.375 e. The average molecular weight is 255 g/mol. The SMILES string of the molecule is CCCCCCCC1(C)CC(NCCC)CCO1. The highest BCUT2D eigenvalue weighted by atomic mass is 16.5. The first-order valence-corrected chi connectivity index (χ1v) is 8.07. The molecule has 0 bridgehead atoms. The van der Waals surface area contributed by atoms with Gasteiger partial charge in [0.15, 0.2) is 0 Å². The van der Waals surface area contributed by atoms with Crippen LogP contribution in [0.4, 0.5) is 0 Å². The molecule has 1 aliphatic rings. The molecule has 0 saturated carbocycles. The maximum absolute atomic E-state index is 6.04. The van der Waals surface area contributed by atoms with Crippen molar-refractivity contribution in [3.05, 3.63) is 0 Å². The molecule has 0 spiro atoms. The van der Waals surface area contributed by atoms with Crippen molar-refractivity contribution in [2.45, 2.75) is 90.2 Å². The van der Waals surface area contributed by atoms with E-state index in [1.165, 1.54) is 57.8 Å². The van der Waals surface area contributed by atoms with Crippen LogP contribution in [0.3, 0.4) is 0 Å². The van der Waals surface area contributed by atoms with Crippen LogP contribution in [0.1, 0.15) is 78.6 Å². The van der Waals surface area contributed by atoms with Crippen LogP contribution in [0.2, 0.25) is 0 Å². The van der Waals surface area contributed by atoms with Crippen LogP contribution in [0.5, 0.6) is 0 Å². The van der Waals surface area contributed by atoms with Gasteiger partial charge >= 0.3 is 0 Å². The highest BCUT2D eigenvalue weighted by Crippen LogP contribution is 2.30. The number of unbranched alkanes of at least 4 members (excludes halogenated alkanes) is 4. The van der Waals surface area contributed by atoms with Crippen LogP contribution in [-0.4, -0.2) is 24.8 Å². The Kier molecular flexibility index (Phi) is 7.92. The Morgan fingerprint density at radius 1 is 1.11 bits per heavy atom. The van der Waals surface area contributed by atoms with Gasteiger partial charge in [0.05, 0.1) is 5.60 Å². The van der Waals surface area contributed by atoms with Gasteiger partial charge in [-0.05, 0) is 39.2 Å². The number of hydrogen-bond acceptors (Lipinski definition) is 2. The first-order chi connectivity index (χ1) is 8.70. The molecule has 1 saturated heterocycles. The van der Waals surface area contributed by atoms with Crippen LogP contribution in [-0.2, 0) is 4.74 Å². The maximum Gasteiger partial charge on any atom is 0.0669 e. The smallest absolute Gasteiger partial charge is 0.0669 e. The molecule has 2 unspecified atom stereocenters. The van der Waals surface area contributed by atoms with Gasteiger partial charge in [0.2, 0.25) is 0 Å². The van der Waals surface area contributed by atoms with E-state index in [4.69, 9.17) is 4.74 Å². The zero-order valence-electron chi connectivity index (χ0n) is 12.8. The highest BCUT2D eigenvalue weighted by molar-refractivity contribution is 4.86. The lowest BCUT2D eigenvalue weighted by Crippen LogP contribution is -2.45. The zero-order chi connectivity index (χ0) is 13.3. The van der Waals surface area contributed by atoms with Crippen LogP contribution in [0.15, 0.2) is 0 Å². The van der Waals surface area contributed by atoms with E-state index < -0.39 is 0 Å². The minimum atomic E-state index is 0.135. The maximum atomic E-state index is 6.04. The lowest BCUT2D eigenvalue weighted by Gasteiger charge is -2.39. The van der Waals surface area contributed by atoms with Crippen molar-refractivity contribution in [2.75, 3.05) is 13.2 Å². The second kappa shape index (κ2) is 8.92. The third-order valence-corrected chi connectivity index (χ3v) is 4.09. The second-order valence-corrected chi connectivity index (χ2v) is 6.11. The van der Waals surface area contributed by atoms with E-state index in [0.717, 1.165) is 13.2 Å². The van der Waals surface area contributed by atoms with Crippen molar-refractivity contribution in [1.29, 1.82) is 0 Å². The van der Waals surface area contributed by atoms with Gasteiger partial charge in [0.25, 0.3) is 0 Å². The molecule has 2 nitrogen and oxygen atoms in total. The molecule has 1 fully saturated rings. The molecule has 108 valence electrons. The van der Waals surface area contributed by atoms with Crippen LogP contribution in [0, 0.1) is 0 Å². The van der Waals surface area contributed by atoms with Crippen LogP contribution < -0.4 is 5.32 Å². The zero-order valence-corrected chi connectivity index (χ0v) is 12.8. The largest absolute Gasteiger partial charge is 0.375 e. The first kappa shape index (κ1) is 16.0. The molecule has 0 aromatic rings. The fourth-order valence-electron chi connectivity index (χ4n) is 2.93. The quantitative estimate of drug-likeness (QED) is 0.621. The third kappa shape index (κ3) is 6.19. The van der Waals surface area contributed by atoms with Gasteiger partial charge in [-0.25, -0.2) is 0 Å². The summed E-state index contributed by atoms with van der Waals surface area (Å²) in [5, 5.41) is 3.66. The number of nitrogens with one attached hydrogen (secondary N) is 1. The topological polar surface area (TPSA) is 21.3 Å². The summed E-state index contributed by atoms with van der Waals surface area (Å²) in [6.07, 6.45) is 11.7. The fraction of sp³-hybridized carbons (Fsp3) is 1.00. The average Bonchev–Trinajstić information content (AvgIpc) is 2.36. The van der Waals surface area contributed by atoms with Crippen LogP contribution >= 0.6 is 0 Å². The summed E-state index contributed by atoms with van der Waals surface area (Å²) in [6, 6.07) is 0.680. The predicted molar refractivity (Wildman–Crippen MR) is 79.0 cm³/mol. The Balaban J connectivity index is 2.20. The van der Waals surface area contributed by atoms with Gasteiger partial charge in [-0.15, -0.1) is 0 Å². The van der Waals surface area contributed by atoms with E-state index in [2.05, 4.69) is 26.1 Å². The first-order valence-electron chi connectivity index (χ1n) is 8.07. The van der Waals surface area contributed by atoms with E-state index in [1.807, 2.05) is 0 Å². The summed E-state index contributed by atoms with van der Waals surface area (Å²) in [7, 11) is 0. The molecular weight excluding hydrogens is 222 g/mol. The standard InChI is InChI=1S/C16H33NO/c1-4-6-7-8-9-11-16(3)14-15(10-13-18-16)17-12-5-2/h15,17H,4-14H2,1-3H3. The number of ether oxygens (including phenoxy) is 1. The molecule has 1 N–H and O–H groups in total. The van der Waals surface area contributed by atoms with Crippen molar-refractivity contribution in [1.82, 2.24) is 5.32 Å². The second-order valence-electron chi connectivity index (χ2n) is 6.11. The van der Waals surface area contributed by atoms with Crippen molar-refractivity contribution in [3.8, 4) is 0 Å². The molecule has 1 heterocycles. The molecule has 2 atom stereocenters. The Morgan fingerprint density at radius 3 is 2.61 bits per heavy atom. The molecule has 0 aromatic carbocycles. The Hall–Kier alpha value is -0.0800. The Bertz CT molecular complexity index is 207.